The lowest BCUT2D eigenvalue weighted by Gasteiger charge is -2.43. The summed E-state index contributed by atoms with van der Waals surface area (Å²) in [4.78, 5) is 42.6. The van der Waals surface area contributed by atoms with E-state index >= 15 is 0 Å². The Kier molecular flexibility index (Phi) is 7.53. The summed E-state index contributed by atoms with van der Waals surface area (Å²) in [6.45, 7) is 1.63. The highest BCUT2D eigenvalue weighted by molar-refractivity contribution is 9.10. The molecule has 0 spiro atoms. The van der Waals surface area contributed by atoms with Gasteiger partial charge in [-0.3, -0.25) is 14.4 Å². The standard InChI is InChI=1S/C30H32BrN3O6/c31-22-11-12-26(39-17-23-21-8-3-4-9-25(21)40-32-23)28-20(22)13-15-34(24(28)16-33-14-5-10-27(33)35)29(36)18-6-1-2-7-19(18)30(37)38/h3-4,8-9,11-12,18-19,24H,1-2,5-7,10,13-17H2,(H,37,38)/t18?,19?,24-/m1/s1. The van der Waals surface area contributed by atoms with Crippen LogP contribution in [0.15, 0.2) is 45.4 Å². The zero-order valence-electron chi connectivity index (χ0n) is 22.2. The van der Waals surface area contributed by atoms with Crippen molar-refractivity contribution in [1.82, 2.24) is 15.0 Å². The zero-order chi connectivity index (χ0) is 27.8. The molecule has 3 atom stereocenters. The number of halogens is 1. The first-order valence-corrected chi connectivity index (χ1v) is 14.8. The van der Waals surface area contributed by atoms with Crippen molar-refractivity contribution in [2.24, 2.45) is 11.8 Å². The number of hydrogen-bond donors (Lipinski definition) is 1. The van der Waals surface area contributed by atoms with Crippen LogP contribution in [-0.4, -0.2) is 57.5 Å². The van der Waals surface area contributed by atoms with Crippen LogP contribution in [0.25, 0.3) is 11.0 Å². The van der Waals surface area contributed by atoms with Gasteiger partial charge in [-0.15, -0.1) is 0 Å². The van der Waals surface area contributed by atoms with Gasteiger partial charge in [0.15, 0.2) is 5.58 Å². The Morgan fingerprint density at radius 2 is 1.85 bits per heavy atom. The molecule has 9 nitrogen and oxygen atoms in total. The molecule has 1 aliphatic carbocycles. The van der Waals surface area contributed by atoms with Crippen molar-refractivity contribution in [3.8, 4) is 5.75 Å². The zero-order valence-corrected chi connectivity index (χ0v) is 23.8. The van der Waals surface area contributed by atoms with Gasteiger partial charge in [0.1, 0.15) is 18.1 Å². The molecule has 2 aliphatic heterocycles. The van der Waals surface area contributed by atoms with Gasteiger partial charge >= 0.3 is 5.97 Å². The Balaban J connectivity index is 1.36. The molecule has 3 aliphatic rings. The summed E-state index contributed by atoms with van der Waals surface area (Å²) in [7, 11) is 0. The maximum absolute atomic E-state index is 14.1. The quantitative estimate of drug-likeness (QED) is 0.396. The Bertz CT molecular complexity index is 1450. The van der Waals surface area contributed by atoms with E-state index < -0.39 is 23.8 Å². The second-order valence-corrected chi connectivity index (χ2v) is 11.8. The van der Waals surface area contributed by atoms with E-state index in [-0.39, 0.29) is 18.4 Å². The van der Waals surface area contributed by atoms with Crippen molar-refractivity contribution in [2.45, 2.75) is 57.6 Å². The predicted octanol–water partition coefficient (Wildman–Crippen LogP) is 5.11. The number of carboxylic acids is 1. The fraction of sp³-hybridized carbons (Fsp3) is 0.467. The molecular formula is C30H32BrN3O6. The van der Waals surface area contributed by atoms with Crippen LogP contribution in [0.5, 0.6) is 5.75 Å². The second kappa shape index (κ2) is 11.2. The summed E-state index contributed by atoms with van der Waals surface area (Å²) in [6.07, 6.45) is 4.62. The summed E-state index contributed by atoms with van der Waals surface area (Å²) in [5.74, 6) is -1.60. The molecule has 10 heteroatoms. The number of para-hydroxylation sites is 1. The topological polar surface area (TPSA) is 113 Å². The van der Waals surface area contributed by atoms with Crippen LogP contribution in [0.1, 0.15) is 61.4 Å². The third-order valence-corrected chi connectivity index (χ3v) is 9.38. The second-order valence-electron chi connectivity index (χ2n) is 10.9. The average molecular weight is 611 g/mol. The van der Waals surface area contributed by atoms with Gasteiger partial charge in [0.25, 0.3) is 0 Å². The fourth-order valence-electron chi connectivity index (χ4n) is 6.59. The number of benzene rings is 2. The molecule has 1 N–H and O–H groups in total. The van der Waals surface area contributed by atoms with Gasteiger partial charge in [0.05, 0.1) is 17.9 Å². The third kappa shape index (κ3) is 4.98. The SMILES string of the molecule is O=C(O)C1CCCCC1C(=O)N1CCc2c(Br)ccc(OCc3noc4ccccc34)c2[C@H]1CN1CCCC1=O. The Hall–Kier alpha value is -3.40. The largest absolute Gasteiger partial charge is 0.487 e. The van der Waals surface area contributed by atoms with Gasteiger partial charge < -0.3 is 24.2 Å². The number of likely N-dealkylation sites (tertiary alicyclic amines) is 1. The Labute approximate surface area is 240 Å². The average Bonchev–Trinajstić information content (AvgIpc) is 3.58. The Morgan fingerprint density at radius 1 is 1.05 bits per heavy atom. The van der Waals surface area contributed by atoms with Crippen molar-refractivity contribution in [3.63, 3.8) is 0 Å². The summed E-state index contributed by atoms with van der Waals surface area (Å²) in [6, 6.07) is 11.0. The van der Waals surface area contributed by atoms with Crippen molar-refractivity contribution < 1.29 is 28.8 Å². The smallest absolute Gasteiger partial charge is 0.307 e. The molecule has 1 aromatic heterocycles. The van der Waals surface area contributed by atoms with Crippen LogP contribution in [0.2, 0.25) is 0 Å². The lowest BCUT2D eigenvalue weighted by molar-refractivity contribution is -0.154. The van der Waals surface area contributed by atoms with Gasteiger partial charge in [0, 0.05) is 41.5 Å². The first kappa shape index (κ1) is 26.8. The highest BCUT2D eigenvalue weighted by Crippen LogP contribution is 2.43. The minimum Gasteiger partial charge on any atom is -0.487 e. The maximum Gasteiger partial charge on any atom is 0.307 e. The number of carboxylic acid groups (broad SMARTS) is 1. The lowest BCUT2D eigenvalue weighted by Crippen LogP contribution is -2.50. The number of hydrogen-bond acceptors (Lipinski definition) is 6. The van der Waals surface area contributed by atoms with Crippen molar-refractivity contribution >= 4 is 44.7 Å². The maximum atomic E-state index is 14.1. The summed E-state index contributed by atoms with van der Waals surface area (Å²) < 4.78 is 12.8. The van der Waals surface area contributed by atoms with Crippen molar-refractivity contribution in [3.05, 3.63) is 57.7 Å². The summed E-state index contributed by atoms with van der Waals surface area (Å²) in [5, 5.41) is 15.0. The number of ether oxygens (including phenoxy) is 1. The third-order valence-electron chi connectivity index (χ3n) is 8.64. The van der Waals surface area contributed by atoms with E-state index in [0.717, 1.165) is 40.2 Å². The fourth-order valence-corrected chi connectivity index (χ4v) is 7.13. The monoisotopic (exact) mass is 609 g/mol. The number of rotatable bonds is 7. The van der Waals surface area contributed by atoms with E-state index in [1.807, 2.05) is 46.2 Å². The van der Waals surface area contributed by atoms with Crippen LogP contribution >= 0.6 is 15.9 Å². The van der Waals surface area contributed by atoms with Gasteiger partial charge in [-0.1, -0.05) is 46.1 Å². The van der Waals surface area contributed by atoms with E-state index in [1.54, 1.807) is 0 Å². The minimum absolute atomic E-state index is 0.0760. The number of carbonyl (C=O) groups is 3. The lowest BCUT2D eigenvalue weighted by atomic mass is 9.77. The molecule has 0 bridgehead atoms. The highest BCUT2D eigenvalue weighted by atomic mass is 79.9. The van der Waals surface area contributed by atoms with Gasteiger partial charge in [-0.25, -0.2) is 0 Å². The van der Waals surface area contributed by atoms with Crippen molar-refractivity contribution in [1.29, 1.82) is 0 Å². The van der Waals surface area contributed by atoms with E-state index in [9.17, 15) is 19.5 Å². The minimum atomic E-state index is -0.909. The molecule has 3 aromatic rings. The van der Waals surface area contributed by atoms with Crippen LogP contribution < -0.4 is 4.74 Å². The van der Waals surface area contributed by atoms with Gasteiger partial charge in [-0.2, -0.15) is 0 Å². The molecule has 3 heterocycles. The van der Waals surface area contributed by atoms with Gasteiger partial charge in [-0.05, 0) is 55.5 Å². The van der Waals surface area contributed by atoms with Crippen LogP contribution in [-0.2, 0) is 27.4 Å². The molecule has 2 fully saturated rings. The number of amides is 2. The van der Waals surface area contributed by atoms with E-state index in [1.165, 1.54) is 0 Å². The summed E-state index contributed by atoms with van der Waals surface area (Å²) in [5.41, 5.74) is 3.26. The molecule has 2 amide bonds. The molecular weight excluding hydrogens is 578 g/mol. The molecule has 2 aromatic carbocycles. The molecule has 1 saturated heterocycles. The summed E-state index contributed by atoms with van der Waals surface area (Å²) >= 11 is 3.71. The number of aliphatic carboxylic acids is 1. The molecule has 6 rings (SSSR count). The molecule has 210 valence electrons. The molecule has 40 heavy (non-hydrogen) atoms. The predicted molar refractivity (Wildman–Crippen MR) is 150 cm³/mol. The van der Waals surface area contributed by atoms with Crippen LogP contribution in [0, 0.1) is 11.8 Å². The molecule has 1 saturated carbocycles. The van der Waals surface area contributed by atoms with E-state index in [2.05, 4.69) is 21.1 Å². The number of nitrogens with zero attached hydrogens (tertiary/aromatic N) is 3. The van der Waals surface area contributed by atoms with Crippen molar-refractivity contribution in [2.75, 3.05) is 19.6 Å². The van der Waals surface area contributed by atoms with Crippen LogP contribution in [0.3, 0.4) is 0 Å². The number of fused-ring (bicyclic) bond motifs is 2. The number of aromatic nitrogens is 1. The van der Waals surface area contributed by atoms with E-state index in [0.29, 0.717) is 62.3 Å². The Morgan fingerprint density at radius 3 is 2.62 bits per heavy atom. The van der Waals surface area contributed by atoms with Crippen LogP contribution in [0.4, 0.5) is 0 Å². The first-order chi connectivity index (χ1) is 19.4. The normalized spacial score (nSPS) is 22.9. The van der Waals surface area contributed by atoms with Gasteiger partial charge in [0.2, 0.25) is 11.8 Å². The highest BCUT2D eigenvalue weighted by Gasteiger charge is 2.43. The number of carbonyl (C=O) groups excluding carboxylic acids is 2. The molecule has 0 radical (unpaired) electrons. The first-order valence-electron chi connectivity index (χ1n) is 14.0. The molecule has 2 unspecified atom stereocenters. The van der Waals surface area contributed by atoms with E-state index in [4.69, 9.17) is 9.26 Å².